The smallest absolute Gasteiger partial charge is 0.251 e. The summed E-state index contributed by atoms with van der Waals surface area (Å²) in [5, 5.41) is 3.59. The molecule has 6 heteroatoms. The number of nitrogens with zero attached hydrogens (tertiary/aromatic N) is 3. The highest BCUT2D eigenvalue weighted by molar-refractivity contribution is 7.98. The fourth-order valence-electron chi connectivity index (χ4n) is 3.00. The second-order valence-corrected chi connectivity index (χ2v) is 7.98. The first-order chi connectivity index (χ1) is 14.6. The Kier molecular flexibility index (Phi) is 7.85. The topological polar surface area (TPSA) is 58.1 Å². The van der Waals surface area contributed by atoms with Crippen molar-refractivity contribution < 1.29 is 4.79 Å². The summed E-state index contributed by atoms with van der Waals surface area (Å²) < 4.78 is 0. The van der Waals surface area contributed by atoms with E-state index in [4.69, 9.17) is 4.98 Å². The molecule has 0 saturated heterocycles. The number of aryl methyl sites for hydroxylation is 1. The Hall–Kier alpha value is -2.86. The highest BCUT2D eigenvalue weighted by atomic mass is 32.2. The van der Waals surface area contributed by atoms with Crippen LogP contribution in [0.25, 0.3) is 0 Å². The fourth-order valence-corrected chi connectivity index (χ4v) is 3.83. The molecule has 1 heterocycles. The Bertz CT molecular complexity index is 961. The third-order valence-corrected chi connectivity index (χ3v) is 5.60. The predicted molar refractivity (Wildman–Crippen MR) is 124 cm³/mol. The van der Waals surface area contributed by atoms with Crippen molar-refractivity contribution in [1.29, 1.82) is 0 Å². The Morgan fingerprint density at radius 3 is 2.40 bits per heavy atom. The molecule has 1 N–H and O–H groups in total. The van der Waals surface area contributed by atoms with Crippen LogP contribution in [0.3, 0.4) is 0 Å². The number of hydrogen-bond donors (Lipinski definition) is 1. The van der Waals surface area contributed by atoms with E-state index in [1.165, 1.54) is 5.56 Å². The molecule has 30 heavy (non-hydrogen) atoms. The van der Waals surface area contributed by atoms with E-state index in [-0.39, 0.29) is 5.91 Å². The number of anilines is 1. The summed E-state index contributed by atoms with van der Waals surface area (Å²) in [6.45, 7) is 5.45. The largest absolute Gasteiger partial charge is 0.355 e. The van der Waals surface area contributed by atoms with E-state index in [1.807, 2.05) is 37.3 Å². The van der Waals surface area contributed by atoms with Gasteiger partial charge in [-0.3, -0.25) is 4.79 Å². The molecule has 0 unspecified atom stereocenters. The van der Waals surface area contributed by atoms with Crippen molar-refractivity contribution in [3.63, 3.8) is 0 Å². The summed E-state index contributed by atoms with van der Waals surface area (Å²) in [4.78, 5) is 23.5. The van der Waals surface area contributed by atoms with E-state index in [0.717, 1.165) is 41.0 Å². The summed E-state index contributed by atoms with van der Waals surface area (Å²) in [5.41, 5.74) is 4.10. The molecule has 0 atom stereocenters. The molecule has 3 rings (SSSR count). The van der Waals surface area contributed by atoms with Gasteiger partial charge in [0.15, 0.2) is 5.16 Å². The third-order valence-electron chi connectivity index (χ3n) is 4.68. The number of nitrogens with one attached hydrogen (secondary N) is 1. The highest BCUT2D eigenvalue weighted by Gasteiger charge is 2.10. The van der Waals surface area contributed by atoms with E-state index < -0.39 is 0 Å². The zero-order valence-corrected chi connectivity index (χ0v) is 18.6. The maximum absolute atomic E-state index is 11.9. The Morgan fingerprint density at radius 2 is 1.73 bits per heavy atom. The van der Waals surface area contributed by atoms with Crippen LogP contribution >= 0.6 is 11.8 Å². The van der Waals surface area contributed by atoms with E-state index in [1.54, 1.807) is 11.8 Å². The van der Waals surface area contributed by atoms with Crippen molar-refractivity contribution in [3.8, 4) is 0 Å². The zero-order valence-electron chi connectivity index (χ0n) is 17.8. The minimum absolute atomic E-state index is 0.0400. The van der Waals surface area contributed by atoms with E-state index >= 15 is 0 Å². The molecule has 0 bridgehead atoms. The molecule has 0 aliphatic rings. The minimum Gasteiger partial charge on any atom is -0.355 e. The van der Waals surface area contributed by atoms with Crippen LogP contribution in [0.1, 0.15) is 41.0 Å². The van der Waals surface area contributed by atoms with Gasteiger partial charge in [-0.15, -0.1) is 0 Å². The summed E-state index contributed by atoms with van der Waals surface area (Å²) in [5.74, 6) is 1.64. The second kappa shape index (κ2) is 10.8. The van der Waals surface area contributed by atoms with Crippen LogP contribution in [0.4, 0.5) is 5.82 Å². The van der Waals surface area contributed by atoms with E-state index in [2.05, 4.69) is 59.5 Å². The van der Waals surface area contributed by atoms with Crippen molar-refractivity contribution in [3.05, 3.63) is 83.0 Å². The van der Waals surface area contributed by atoms with Crippen LogP contribution in [0.15, 0.2) is 65.8 Å². The molecule has 1 aromatic heterocycles. The molecule has 0 fully saturated rings. The van der Waals surface area contributed by atoms with Gasteiger partial charge in [0, 0.05) is 43.2 Å². The maximum atomic E-state index is 11.9. The van der Waals surface area contributed by atoms with Gasteiger partial charge in [-0.1, -0.05) is 61.2 Å². The van der Waals surface area contributed by atoms with Gasteiger partial charge in [0.2, 0.25) is 0 Å². The number of hydrogen-bond acceptors (Lipinski definition) is 5. The van der Waals surface area contributed by atoms with Crippen LogP contribution in [0, 0.1) is 0 Å². The number of rotatable bonds is 9. The molecule has 2 aromatic carbocycles. The van der Waals surface area contributed by atoms with Crippen LogP contribution in [0.5, 0.6) is 0 Å². The van der Waals surface area contributed by atoms with E-state index in [0.29, 0.717) is 12.1 Å². The van der Waals surface area contributed by atoms with Gasteiger partial charge in [-0.25, -0.2) is 9.97 Å². The average molecular weight is 421 g/mol. The fraction of sp³-hybridized carbons (Fsp3) is 0.292. The Labute approximate surface area is 182 Å². The molecule has 5 nitrogen and oxygen atoms in total. The molecule has 0 aliphatic carbocycles. The molecule has 3 aromatic rings. The molecular weight excluding hydrogens is 392 g/mol. The monoisotopic (exact) mass is 420 g/mol. The SMILES string of the molecule is CCNC(=O)c1ccc(CSc2nc(CC)cc(N(C)Cc3ccccc3)n2)cc1. The summed E-state index contributed by atoms with van der Waals surface area (Å²) in [6.07, 6.45) is 0.865. The van der Waals surface area contributed by atoms with Crippen LogP contribution in [-0.4, -0.2) is 29.5 Å². The van der Waals surface area contributed by atoms with Crippen molar-refractivity contribution in [2.24, 2.45) is 0 Å². The molecule has 0 aliphatic heterocycles. The van der Waals surface area contributed by atoms with Gasteiger partial charge in [0.05, 0.1) is 0 Å². The molecule has 0 radical (unpaired) electrons. The lowest BCUT2D eigenvalue weighted by atomic mass is 10.1. The summed E-state index contributed by atoms with van der Waals surface area (Å²) in [7, 11) is 2.06. The maximum Gasteiger partial charge on any atom is 0.251 e. The molecule has 0 spiro atoms. The average Bonchev–Trinajstić information content (AvgIpc) is 2.78. The number of aromatic nitrogens is 2. The van der Waals surface area contributed by atoms with Gasteiger partial charge in [-0.05, 0) is 36.6 Å². The second-order valence-electron chi connectivity index (χ2n) is 7.04. The number of amides is 1. The van der Waals surface area contributed by atoms with Gasteiger partial charge < -0.3 is 10.2 Å². The lowest BCUT2D eigenvalue weighted by molar-refractivity contribution is 0.0956. The first-order valence-corrected chi connectivity index (χ1v) is 11.2. The predicted octanol–water partition coefficient (Wildman–Crippen LogP) is 4.72. The number of benzene rings is 2. The van der Waals surface area contributed by atoms with Crippen molar-refractivity contribution >= 4 is 23.5 Å². The van der Waals surface area contributed by atoms with Gasteiger partial charge in [-0.2, -0.15) is 0 Å². The van der Waals surface area contributed by atoms with E-state index in [9.17, 15) is 4.79 Å². The standard InChI is InChI=1S/C24H28N4OS/c1-4-21-15-22(28(3)16-18-9-7-6-8-10-18)27-24(26-21)30-17-19-11-13-20(14-12-19)23(29)25-5-2/h6-15H,4-5,16-17H2,1-3H3,(H,25,29). The Morgan fingerprint density at radius 1 is 1.00 bits per heavy atom. The first-order valence-electron chi connectivity index (χ1n) is 10.2. The molecule has 1 amide bonds. The highest BCUT2D eigenvalue weighted by Crippen LogP contribution is 2.24. The minimum atomic E-state index is -0.0400. The molecular formula is C24H28N4OS. The Balaban J connectivity index is 1.68. The van der Waals surface area contributed by atoms with Crippen molar-refractivity contribution in [2.75, 3.05) is 18.5 Å². The summed E-state index contributed by atoms with van der Waals surface area (Å²) in [6, 6.07) is 20.2. The first kappa shape index (κ1) is 21.8. The quantitative estimate of drug-likeness (QED) is 0.401. The molecule has 156 valence electrons. The van der Waals surface area contributed by atoms with Crippen molar-refractivity contribution in [2.45, 2.75) is 37.7 Å². The van der Waals surface area contributed by atoms with Crippen LogP contribution < -0.4 is 10.2 Å². The zero-order chi connectivity index (χ0) is 21.3. The van der Waals surface area contributed by atoms with Crippen LogP contribution in [0.2, 0.25) is 0 Å². The molecule has 0 saturated carbocycles. The number of thioether (sulfide) groups is 1. The number of carbonyl (C=O) groups is 1. The van der Waals surface area contributed by atoms with Gasteiger partial charge in [0.1, 0.15) is 5.82 Å². The van der Waals surface area contributed by atoms with Gasteiger partial charge in [0.25, 0.3) is 5.91 Å². The summed E-state index contributed by atoms with van der Waals surface area (Å²) >= 11 is 1.62. The normalized spacial score (nSPS) is 10.6. The lowest BCUT2D eigenvalue weighted by Crippen LogP contribution is -2.22. The lowest BCUT2D eigenvalue weighted by Gasteiger charge is -2.19. The van der Waals surface area contributed by atoms with Crippen LogP contribution in [-0.2, 0) is 18.7 Å². The third kappa shape index (κ3) is 6.07. The van der Waals surface area contributed by atoms with Gasteiger partial charge >= 0.3 is 0 Å². The van der Waals surface area contributed by atoms with Crippen molar-refractivity contribution in [1.82, 2.24) is 15.3 Å². The number of carbonyl (C=O) groups excluding carboxylic acids is 1.